The van der Waals surface area contributed by atoms with Crippen LogP contribution in [0, 0.1) is 0 Å². The van der Waals surface area contributed by atoms with Gasteiger partial charge in [-0.2, -0.15) is 0 Å². The van der Waals surface area contributed by atoms with Gasteiger partial charge >= 0.3 is 5.97 Å². The quantitative estimate of drug-likeness (QED) is 0.476. The Morgan fingerprint density at radius 1 is 1.42 bits per heavy atom. The van der Waals surface area contributed by atoms with E-state index in [1.807, 2.05) is 20.8 Å². The molecule has 0 saturated carbocycles. The fourth-order valence-electron chi connectivity index (χ4n) is 0.630. The van der Waals surface area contributed by atoms with E-state index >= 15 is 0 Å². The normalized spacial score (nSPS) is 9.67. The lowest BCUT2D eigenvalue weighted by atomic mass is 10.1. The number of carbonyl (C=O) groups excluding carboxylic acids is 1. The van der Waals surface area contributed by atoms with Gasteiger partial charge in [0.2, 0.25) is 0 Å². The van der Waals surface area contributed by atoms with E-state index in [0.717, 1.165) is 11.1 Å². The van der Waals surface area contributed by atoms with Crippen LogP contribution in [0.25, 0.3) is 0 Å². The second kappa shape index (κ2) is 4.75. The number of allylic oxidation sites excluding steroid dienone is 1. The molecular weight excluding hydrogens is 152 g/mol. The number of ether oxygens (including phenoxy) is 1. The molecule has 0 spiro atoms. The van der Waals surface area contributed by atoms with Crippen molar-refractivity contribution < 1.29 is 9.53 Å². The summed E-state index contributed by atoms with van der Waals surface area (Å²) in [6.07, 6.45) is 0.184. The van der Waals surface area contributed by atoms with Crippen molar-refractivity contribution in [3.63, 3.8) is 0 Å². The predicted octanol–water partition coefficient (Wildman–Crippen LogP) is 2.46. The summed E-state index contributed by atoms with van der Waals surface area (Å²) in [7, 11) is 0. The van der Waals surface area contributed by atoms with Crippen LogP contribution in [0.4, 0.5) is 0 Å². The van der Waals surface area contributed by atoms with E-state index in [4.69, 9.17) is 4.74 Å². The van der Waals surface area contributed by atoms with Crippen molar-refractivity contribution in [1.82, 2.24) is 0 Å². The van der Waals surface area contributed by atoms with E-state index in [0.29, 0.717) is 0 Å². The Labute approximate surface area is 73.9 Å². The van der Waals surface area contributed by atoms with Crippen molar-refractivity contribution >= 4 is 5.97 Å². The van der Waals surface area contributed by atoms with Crippen LogP contribution in [0.3, 0.4) is 0 Å². The maximum absolute atomic E-state index is 11.0. The van der Waals surface area contributed by atoms with Crippen LogP contribution in [0.15, 0.2) is 24.3 Å². The first-order valence-corrected chi connectivity index (χ1v) is 3.96. The second-order valence-electron chi connectivity index (χ2n) is 3.10. The number of hydrogen-bond donors (Lipinski definition) is 0. The first kappa shape index (κ1) is 11.0. The van der Waals surface area contributed by atoms with Gasteiger partial charge in [-0.25, -0.2) is 0 Å². The highest BCUT2D eigenvalue weighted by molar-refractivity contribution is 5.73. The summed E-state index contributed by atoms with van der Waals surface area (Å²) in [5.41, 5.74) is 1.57. The number of carbonyl (C=O) groups is 1. The molecule has 12 heavy (non-hydrogen) atoms. The van der Waals surface area contributed by atoms with Gasteiger partial charge in [-0.15, -0.1) is 0 Å². The molecule has 68 valence electrons. The maximum Gasteiger partial charge on any atom is 0.310 e. The van der Waals surface area contributed by atoms with Crippen LogP contribution in [-0.4, -0.2) is 12.1 Å². The Kier molecular flexibility index (Phi) is 4.34. The van der Waals surface area contributed by atoms with Gasteiger partial charge < -0.3 is 4.74 Å². The van der Waals surface area contributed by atoms with E-state index in [2.05, 4.69) is 13.2 Å². The third kappa shape index (κ3) is 4.72. The minimum absolute atomic E-state index is 0.0598. The number of esters is 1. The first-order chi connectivity index (χ1) is 5.43. The van der Waals surface area contributed by atoms with E-state index < -0.39 is 0 Å². The van der Waals surface area contributed by atoms with E-state index in [-0.39, 0.29) is 18.5 Å². The fourth-order valence-corrected chi connectivity index (χ4v) is 0.630. The molecule has 2 nitrogen and oxygen atoms in total. The lowest BCUT2D eigenvalue weighted by molar-refractivity contribution is -0.146. The van der Waals surface area contributed by atoms with Crippen molar-refractivity contribution in [3.8, 4) is 0 Å². The minimum atomic E-state index is -0.238. The van der Waals surface area contributed by atoms with Crippen LogP contribution in [0.2, 0.25) is 0 Å². The third-order valence-corrected chi connectivity index (χ3v) is 1.33. The topological polar surface area (TPSA) is 26.3 Å². The zero-order chi connectivity index (χ0) is 9.72. The molecule has 0 aliphatic heterocycles. The summed E-state index contributed by atoms with van der Waals surface area (Å²) in [5, 5.41) is 0. The molecule has 0 rings (SSSR count). The van der Waals surface area contributed by atoms with Crippen molar-refractivity contribution in [2.75, 3.05) is 0 Å². The molecule has 0 aromatic rings. The lowest BCUT2D eigenvalue weighted by Gasteiger charge is -2.08. The molecule has 0 radical (unpaired) electrons. The molecule has 0 aliphatic carbocycles. The van der Waals surface area contributed by atoms with Crippen molar-refractivity contribution in [1.29, 1.82) is 0 Å². The summed E-state index contributed by atoms with van der Waals surface area (Å²) in [4.78, 5) is 11.0. The highest BCUT2D eigenvalue weighted by Gasteiger charge is 2.07. The number of rotatable bonds is 4. The molecule has 0 amide bonds. The molecule has 0 atom stereocenters. The molecular formula is C10H16O2. The molecule has 0 heterocycles. The van der Waals surface area contributed by atoms with Gasteiger partial charge in [0.1, 0.15) is 0 Å². The van der Waals surface area contributed by atoms with Gasteiger partial charge in [-0.05, 0) is 26.3 Å². The molecule has 0 aromatic heterocycles. The molecule has 0 unspecified atom stereocenters. The van der Waals surface area contributed by atoms with E-state index in [1.54, 1.807) is 0 Å². The molecule has 2 heteroatoms. The summed E-state index contributed by atoms with van der Waals surface area (Å²) < 4.78 is 4.93. The Morgan fingerprint density at radius 3 is 2.25 bits per heavy atom. The van der Waals surface area contributed by atoms with Crippen molar-refractivity contribution in [2.24, 2.45) is 0 Å². The third-order valence-electron chi connectivity index (χ3n) is 1.33. The molecule has 0 saturated heterocycles. The Balaban J connectivity index is 3.85. The van der Waals surface area contributed by atoms with Gasteiger partial charge in [0, 0.05) is 0 Å². The number of hydrogen-bond acceptors (Lipinski definition) is 2. The first-order valence-electron chi connectivity index (χ1n) is 3.96. The van der Waals surface area contributed by atoms with E-state index in [9.17, 15) is 4.79 Å². The highest BCUT2D eigenvalue weighted by Crippen LogP contribution is 2.09. The molecule has 0 bridgehead atoms. The largest absolute Gasteiger partial charge is 0.463 e. The van der Waals surface area contributed by atoms with Gasteiger partial charge in [0.25, 0.3) is 0 Å². The smallest absolute Gasteiger partial charge is 0.310 e. The zero-order valence-corrected chi connectivity index (χ0v) is 8.02. The molecule has 0 fully saturated rings. The average Bonchev–Trinajstić information content (AvgIpc) is 1.84. The monoisotopic (exact) mass is 168 g/mol. The summed E-state index contributed by atoms with van der Waals surface area (Å²) in [6.45, 7) is 12.8. The SMILES string of the molecule is C=C(C)C(=C)CC(=O)OC(C)C. The Morgan fingerprint density at radius 2 is 1.92 bits per heavy atom. The standard InChI is InChI=1S/C10H16O2/c1-7(2)9(5)6-10(11)12-8(3)4/h8H,1,5-6H2,2-4H3. The van der Waals surface area contributed by atoms with Gasteiger partial charge in [0.15, 0.2) is 0 Å². The van der Waals surface area contributed by atoms with Crippen LogP contribution in [-0.2, 0) is 9.53 Å². The van der Waals surface area contributed by atoms with Gasteiger partial charge in [-0.1, -0.05) is 18.7 Å². The average molecular weight is 168 g/mol. The van der Waals surface area contributed by atoms with Crippen LogP contribution >= 0.6 is 0 Å². The van der Waals surface area contributed by atoms with Crippen LogP contribution in [0.5, 0.6) is 0 Å². The summed E-state index contributed by atoms with van der Waals surface area (Å²) >= 11 is 0. The fraction of sp³-hybridized carbons (Fsp3) is 0.500. The van der Waals surface area contributed by atoms with Crippen LogP contribution in [0.1, 0.15) is 27.2 Å². The maximum atomic E-state index is 11.0. The van der Waals surface area contributed by atoms with Crippen molar-refractivity contribution in [2.45, 2.75) is 33.3 Å². The molecule has 0 N–H and O–H groups in total. The summed E-state index contributed by atoms with van der Waals surface area (Å²) in [5.74, 6) is -0.238. The summed E-state index contributed by atoms with van der Waals surface area (Å²) in [6, 6.07) is 0. The Bertz CT molecular complexity index is 202. The molecule has 0 aliphatic rings. The van der Waals surface area contributed by atoms with Crippen LogP contribution < -0.4 is 0 Å². The van der Waals surface area contributed by atoms with Gasteiger partial charge in [-0.3, -0.25) is 4.79 Å². The highest BCUT2D eigenvalue weighted by atomic mass is 16.5. The Hall–Kier alpha value is -1.05. The van der Waals surface area contributed by atoms with Crippen molar-refractivity contribution in [3.05, 3.63) is 24.3 Å². The minimum Gasteiger partial charge on any atom is -0.463 e. The lowest BCUT2D eigenvalue weighted by Crippen LogP contribution is -2.11. The molecule has 0 aromatic carbocycles. The second-order valence-corrected chi connectivity index (χ2v) is 3.10. The van der Waals surface area contributed by atoms with Gasteiger partial charge in [0.05, 0.1) is 12.5 Å². The van der Waals surface area contributed by atoms with E-state index in [1.165, 1.54) is 0 Å². The predicted molar refractivity (Wildman–Crippen MR) is 49.8 cm³/mol. The zero-order valence-electron chi connectivity index (χ0n) is 8.02.